The van der Waals surface area contributed by atoms with E-state index in [1.165, 1.54) is 24.1 Å². The van der Waals surface area contributed by atoms with Gasteiger partial charge in [0, 0.05) is 32.2 Å². The first-order valence-corrected chi connectivity index (χ1v) is 11.6. The number of nitrogens with one attached hydrogen (secondary N) is 2. The summed E-state index contributed by atoms with van der Waals surface area (Å²) in [6, 6.07) is 2.20. The van der Waals surface area contributed by atoms with Gasteiger partial charge in [0.05, 0.1) is 11.3 Å². The van der Waals surface area contributed by atoms with Crippen LogP contribution in [0.4, 0.5) is 11.8 Å². The van der Waals surface area contributed by atoms with Gasteiger partial charge in [0.2, 0.25) is 5.95 Å². The van der Waals surface area contributed by atoms with Crippen molar-refractivity contribution >= 4 is 17.7 Å². The van der Waals surface area contributed by atoms with Gasteiger partial charge in [0.1, 0.15) is 17.3 Å². The lowest BCUT2D eigenvalue weighted by Crippen LogP contribution is -2.34. The Kier molecular flexibility index (Phi) is 6.49. The SMILES string of the molecule is Cc1cc(C(=O)NC[C@H]2CC[C@@H](Nc3nc4c(c(N(C)C)n3)CCCC4)CC2)c(C)o1. The molecule has 0 radical (unpaired) electrons. The Morgan fingerprint density at radius 1 is 1.13 bits per heavy atom. The second-order valence-electron chi connectivity index (χ2n) is 9.30. The summed E-state index contributed by atoms with van der Waals surface area (Å²) in [5.74, 6) is 3.77. The van der Waals surface area contributed by atoms with Crippen LogP contribution in [0.15, 0.2) is 10.5 Å². The molecule has 1 fully saturated rings. The highest BCUT2D eigenvalue weighted by atomic mass is 16.3. The third kappa shape index (κ3) is 5.02. The van der Waals surface area contributed by atoms with Crippen molar-refractivity contribution in [3.8, 4) is 0 Å². The number of rotatable bonds is 6. The lowest BCUT2D eigenvalue weighted by molar-refractivity contribution is 0.0941. The lowest BCUT2D eigenvalue weighted by atomic mass is 9.86. The second-order valence-corrected chi connectivity index (χ2v) is 9.30. The number of nitrogens with zero attached hydrogens (tertiary/aromatic N) is 3. The lowest BCUT2D eigenvalue weighted by Gasteiger charge is -2.30. The van der Waals surface area contributed by atoms with Crippen molar-refractivity contribution in [3.05, 3.63) is 34.4 Å². The summed E-state index contributed by atoms with van der Waals surface area (Å²) in [4.78, 5) is 24.2. The van der Waals surface area contributed by atoms with Gasteiger partial charge >= 0.3 is 0 Å². The number of carbonyl (C=O) groups excluding carboxylic acids is 1. The number of aryl methyl sites for hydroxylation is 3. The van der Waals surface area contributed by atoms with Gasteiger partial charge in [-0.15, -0.1) is 0 Å². The molecule has 0 atom stereocenters. The van der Waals surface area contributed by atoms with E-state index in [4.69, 9.17) is 14.4 Å². The Bertz CT molecular complexity index is 928. The van der Waals surface area contributed by atoms with Gasteiger partial charge in [-0.05, 0) is 77.2 Å². The zero-order chi connectivity index (χ0) is 22.0. The molecule has 2 aromatic rings. The van der Waals surface area contributed by atoms with Gasteiger partial charge in [-0.2, -0.15) is 4.98 Å². The topological polar surface area (TPSA) is 83.3 Å². The van der Waals surface area contributed by atoms with Crippen LogP contribution in [0.3, 0.4) is 0 Å². The van der Waals surface area contributed by atoms with Crippen molar-refractivity contribution in [3.63, 3.8) is 0 Å². The molecule has 168 valence electrons. The van der Waals surface area contributed by atoms with Crippen LogP contribution < -0.4 is 15.5 Å². The van der Waals surface area contributed by atoms with Crippen LogP contribution in [0.25, 0.3) is 0 Å². The minimum absolute atomic E-state index is 0.0340. The summed E-state index contributed by atoms with van der Waals surface area (Å²) in [5.41, 5.74) is 3.19. The summed E-state index contributed by atoms with van der Waals surface area (Å²) in [7, 11) is 4.12. The highest BCUT2D eigenvalue weighted by Crippen LogP contribution is 2.30. The smallest absolute Gasteiger partial charge is 0.254 e. The van der Waals surface area contributed by atoms with Gasteiger partial charge in [-0.1, -0.05) is 0 Å². The van der Waals surface area contributed by atoms with Crippen LogP contribution in [-0.2, 0) is 12.8 Å². The highest BCUT2D eigenvalue weighted by Gasteiger charge is 2.25. The summed E-state index contributed by atoms with van der Waals surface area (Å²) in [6.45, 7) is 4.42. The number of amides is 1. The number of aromatic nitrogens is 2. The Hall–Kier alpha value is -2.57. The molecule has 2 aliphatic carbocycles. The fourth-order valence-electron chi connectivity index (χ4n) is 4.89. The average Bonchev–Trinajstić information content (AvgIpc) is 3.10. The van der Waals surface area contributed by atoms with E-state index in [0.717, 1.165) is 62.6 Å². The van der Waals surface area contributed by atoms with Crippen molar-refractivity contribution in [1.82, 2.24) is 15.3 Å². The summed E-state index contributed by atoms with van der Waals surface area (Å²) < 4.78 is 5.47. The molecule has 7 heteroatoms. The monoisotopic (exact) mass is 425 g/mol. The Balaban J connectivity index is 1.30. The minimum atomic E-state index is -0.0340. The molecule has 4 rings (SSSR count). The molecular weight excluding hydrogens is 390 g/mol. The molecule has 2 N–H and O–H groups in total. The van der Waals surface area contributed by atoms with Gasteiger partial charge in [0.25, 0.3) is 5.91 Å². The third-order valence-corrected chi connectivity index (χ3v) is 6.60. The standard InChI is InChI=1S/C24H35N5O2/c1-15-13-20(16(2)31-15)23(30)25-14-17-9-11-18(12-10-17)26-24-27-21-8-6-5-7-19(21)22(28-24)29(3)4/h13,17-18H,5-12,14H2,1-4H3,(H,25,30)(H,26,27,28)/t17-,18+. The number of hydrogen-bond acceptors (Lipinski definition) is 6. The molecule has 2 aromatic heterocycles. The van der Waals surface area contributed by atoms with E-state index >= 15 is 0 Å². The van der Waals surface area contributed by atoms with Gasteiger partial charge in [-0.25, -0.2) is 4.98 Å². The maximum Gasteiger partial charge on any atom is 0.254 e. The van der Waals surface area contributed by atoms with E-state index in [1.54, 1.807) is 0 Å². The molecule has 31 heavy (non-hydrogen) atoms. The molecule has 0 saturated heterocycles. The summed E-state index contributed by atoms with van der Waals surface area (Å²) in [6.07, 6.45) is 8.90. The van der Waals surface area contributed by atoms with Gasteiger partial charge < -0.3 is 20.0 Å². The fraction of sp³-hybridized carbons (Fsp3) is 0.625. The van der Waals surface area contributed by atoms with Crippen LogP contribution >= 0.6 is 0 Å². The number of anilines is 2. The number of carbonyl (C=O) groups is 1. The molecular formula is C24H35N5O2. The van der Waals surface area contributed by atoms with E-state index in [0.29, 0.717) is 23.3 Å². The van der Waals surface area contributed by atoms with Gasteiger partial charge in [-0.3, -0.25) is 4.79 Å². The number of fused-ring (bicyclic) bond motifs is 1. The van der Waals surface area contributed by atoms with E-state index in [-0.39, 0.29) is 5.91 Å². The highest BCUT2D eigenvalue weighted by molar-refractivity contribution is 5.95. The van der Waals surface area contributed by atoms with Crippen molar-refractivity contribution < 1.29 is 9.21 Å². The molecule has 0 unspecified atom stereocenters. The van der Waals surface area contributed by atoms with Crippen molar-refractivity contribution in [2.45, 2.75) is 71.3 Å². The van der Waals surface area contributed by atoms with Crippen molar-refractivity contribution in [2.75, 3.05) is 30.9 Å². The molecule has 0 spiro atoms. The van der Waals surface area contributed by atoms with Crippen LogP contribution in [0.1, 0.15) is 71.7 Å². The molecule has 2 aliphatic rings. The van der Waals surface area contributed by atoms with Crippen molar-refractivity contribution in [1.29, 1.82) is 0 Å². The quantitative estimate of drug-likeness (QED) is 0.727. The zero-order valence-corrected chi connectivity index (χ0v) is 19.3. The Morgan fingerprint density at radius 3 is 2.55 bits per heavy atom. The molecule has 1 amide bonds. The zero-order valence-electron chi connectivity index (χ0n) is 19.3. The van der Waals surface area contributed by atoms with Crippen LogP contribution in [0, 0.1) is 19.8 Å². The molecule has 1 saturated carbocycles. The Morgan fingerprint density at radius 2 is 1.87 bits per heavy atom. The minimum Gasteiger partial charge on any atom is -0.466 e. The van der Waals surface area contributed by atoms with Crippen molar-refractivity contribution in [2.24, 2.45) is 5.92 Å². The maximum absolute atomic E-state index is 12.4. The number of hydrogen-bond donors (Lipinski definition) is 2. The van der Waals surface area contributed by atoms with Crippen LogP contribution in [0.2, 0.25) is 0 Å². The first-order valence-electron chi connectivity index (χ1n) is 11.6. The predicted molar refractivity (Wildman–Crippen MR) is 123 cm³/mol. The normalized spacial score (nSPS) is 20.8. The predicted octanol–water partition coefficient (Wildman–Crippen LogP) is 4.03. The first-order chi connectivity index (χ1) is 14.9. The van der Waals surface area contributed by atoms with Crippen LogP contribution in [-0.4, -0.2) is 42.6 Å². The molecule has 7 nitrogen and oxygen atoms in total. The maximum atomic E-state index is 12.4. The van der Waals surface area contributed by atoms with E-state index in [2.05, 4.69) is 29.6 Å². The molecule has 0 aliphatic heterocycles. The largest absolute Gasteiger partial charge is 0.466 e. The third-order valence-electron chi connectivity index (χ3n) is 6.60. The Labute approximate surface area is 185 Å². The average molecular weight is 426 g/mol. The molecule has 2 heterocycles. The fourth-order valence-corrected chi connectivity index (χ4v) is 4.89. The van der Waals surface area contributed by atoms with E-state index in [1.807, 2.05) is 19.9 Å². The first kappa shape index (κ1) is 21.7. The number of furan rings is 1. The summed E-state index contributed by atoms with van der Waals surface area (Å²) in [5, 5.41) is 6.69. The van der Waals surface area contributed by atoms with E-state index in [9.17, 15) is 4.79 Å². The second kappa shape index (κ2) is 9.28. The molecule has 0 aromatic carbocycles. The summed E-state index contributed by atoms with van der Waals surface area (Å²) >= 11 is 0. The van der Waals surface area contributed by atoms with E-state index < -0.39 is 0 Å². The van der Waals surface area contributed by atoms with Crippen LogP contribution in [0.5, 0.6) is 0 Å². The van der Waals surface area contributed by atoms with Gasteiger partial charge in [0.15, 0.2) is 0 Å². The molecule has 0 bridgehead atoms.